The number of thiophene rings is 1. The van der Waals surface area contributed by atoms with Gasteiger partial charge in [0.15, 0.2) is 0 Å². The first-order chi connectivity index (χ1) is 14.4. The van der Waals surface area contributed by atoms with Crippen LogP contribution in [0.5, 0.6) is 0 Å². The number of carbonyl (C=O) groups is 1. The first kappa shape index (κ1) is 20.0. The summed E-state index contributed by atoms with van der Waals surface area (Å²) < 4.78 is 1.39. The second kappa shape index (κ2) is 8.24. The van der Waals surface area contributed by atoms with Crippen molar-refractivity contribution in [3.63, 3.8) is 0 Å². The van der Waals surface area contributed by atoms with E-state index in [-0.39, 0.29) is 18.0 Å². The van der Waals surface area contributed by atoms with Gasteiger partial charge in [-0.05, 0) is 43.0 Å². The first-order valence-corrected chi connectivity index (χ1v) is 10.6. The van der Waals surface area contributed by atoms with Gasteiger partial charge in [-0.3, -0.25) is 14.2 Å². The predicted molar refractivity (Wildman–Crippen MR) is 122 cm³/mol. The van der Waals surface area contributed by atoms with Crippen LogP contribution < -0.4 is 10.9 Å². The van der Waals surface area contributed by atoms with E-state index in [4.69, 9.17) is 0 Å². The van der Waals surface area contributed by atoms with Gasteiger partial charge in [0.2, 0.25) is 5.91 Å². The molecule has 0 saturated heterocycles. The molecule has 0 aliphatic rings. The quantitative estimate of drug-likeness (QED) is 0.525. The molecule has 0 aliphatic heterocycles. The third-order valence-electron chi connectivity index (χ3n) is 5.30. The second-order valence-electron chi connectivity index (χ2n) is 7.45. The van der Waals surface area contributed by atoms with Crippen LogP contribution in [-0.2, 0) is 17.9 Å². The molecule has 1 amide bonds. The van der Waals surface area contributed by atoms with E-state index in [1.165, 1.54) is 33.4 Å². The summed E-state index contributed by atoms with van der Waals surface area (Å²) in [5.41, 5.74) is 5.13. The second-order valence-corrected chi connectivity index (χ2v) is 8.66. The Morgan fingerprint density at radius 1 is 1.07 bits per heavy atom. The third kappa shape index (κ3) is 3.91. The Labute approximate surface area is 179 Å². The summed E-state index contributed by atoms with van der Waals surface area (Å²) in [4.78, 5) is 31.9. The SMILES string of the molecule is Cc1ccc(-c2c(C)sc3ncn(CC(=O)NCc4ccccc4)c(=O)c23)cc1C. The molecule has 0 aliphatic carbocycles. The Morgan fingerprint density at radius 3 is 2.57 bits per heavy atom. The molecule has 2 aromatic carbocycles. The summed E-state index contributed by atoms with van der Waals surface area (Å²) in [6.07, 6.45) is 1.47. The molecule has 0 spiro atoms. The molecule has 0 fully saturated rings. The number of rotatable bonds is 5. The van der Waals surface area contributed by atoms with E-state index < -0.39 is 0 Å². The number of amides is 1. The van der Waals surface area contributed by atoms with Crippen molar-refractivity contribution in [1.29, 1.82) is 0 Å². The maximum Gasteiger partial charge on any atom is 0.263 e. The lowest BCUT2D eigenvalue weighted by Gasteiger charge is -2.09. The third-order valence-corrected chi connectivity index (χ3v) is 6.31. The van der Waals surface area contributed by atoms with Gasteiger partial charge in [0, 0.05) is 17.0 Å². The van der Waals surface area contributed by atoms with Gasteiger partial charge in [0.05, 0.1) is 11.7 Å². The van der Waals surface area contributed by atoms with Crippen molar-refractivity contribution in [2.24, 2.45) is 0 Å². The van der Waals surface area contributed by atoms with Crippen molar-refractivity contribution in [2.45, 2.75) is 33.9 Å². The van der Waals surface area contributed by atoms with Gasteiger partial charge in [-0.25, -0.2) is 4.98 Å². The Kier molecular flexibility index (Phi) is 5.50. The van der Waals surface area contributed by atoms with Crippen LogP contribution in [0.3, 0.4) is 0 Å². The molecule has 152 valence electrons. The summed E-state index contributed by atoms with van der Waals surface area (Å²) in [6, 6.07) is 15.9. The zero-order valence-corrected chi connectivity index (χ0v) is 18.0. The van der Waals surface area contributed by atoms with E-state index in [2.05, 4.69) is 36.3 Å². The highest BCUT2D eigenvalue weighted by molar-refractivity contribution is 7.19. The number of hydrogen-bond donors (Lipinski definition) is 1. The van der Waals surface area contributed by atoms with Crippen LogP contribution in [0.2, 0.25) is 0 Å². The lowest BCUT2D eigenvalue weighted by molar-refractivity contribution is -0.121. The summed E-state index contributed by atoms with van der Waals surface area (Å²) in [7, 11) is 0. The minimum atomic E-state index is -0.221. The van der Waals surface area contributed by atoms with Crippen molar-refractivity contribution in [3.05, 3.63) is 86.8 Å². The monoisotopic (exact) mass is 417 g/mol. The number of nitrogens with zero attached hydrogens (tertiary/aromatic N) is 2. The molecular formula is C24H23N3O2S. The van der Waals surface area contributed by atoms with Gasteiger partial charge < -0.3 is 5.32 Å². The largest absolute Gasteiger partial charge is 0.350 e. The van der Waals surface area contributed by atoms with Crippen molar-refractivity contribution in [1.82, 2.24) is 14.9 Å². The van der Waals surface area contributed by atoms with Gasteiger partial charge in [0.25, 0.3) is 5.56 Å². The number of carbonyl (C=O) groups excluding carboxylic acids is 1. The minimum Gasteiger partial charge on any atom is -0.350 e. The highest BCUT2D eigenvalue weighted by Gasteiger charge is 2.18. The van der Waals surface area contributed by atoms with Crippen LogP contribution in [0.4, 0.5) is 0 Å². The fourth-order valence-electron chi connectivity index (χ4n) is 3.50. The van der Waals surface area contributed by atoms with E-state index in [0.717, 1.165) is 21.6 Å². The van der Waals surface area contributed by atoms with Crippen LogP contribution in [0, 0.1) is 20.8 Å². The van der Waals surface area contributed by atoms with Gasteiger partial charge >= 0.3 is 0 Å². The maximum atomic E-state index is 13.2. The first-order valence-electron chi connectivity index (χ1n) is 9.81. The normalized spacial score (nSPS) is 11.0. The smallest absolute Gasteiger partial charge is 0.263 e. The fourth-order valence-corrected chi connectivity index (χ4v) is 4.51. The highest BCUT2D eigenvalue weighted by atomic mass is 32.1. The molecule has 2 aromatic heterocycles. The highest BCUT2D eigenvalue weighted by Crippen LogP contribution is 2.36. The molecule has 30 heavy (non-hydrogen) atoms. The number of benzene rings is 2. The van der Waals surface area contributed by atoms with Gasteiger partial charge in [-0.1, -0.05) is 48.5 Å². The maximum absolute atomic E-state index is 13.2. The van der Waals surface area contributed by atoms with Crippen molar-refractivity contribution in [3.8, 4) is 11.1 Å². The molecule has 6 heteroatoms. The molecule has 0 bridgehead atoms. The average Bonchev–Trinajstić information content (AvgIpc) is 3.08. The van der Waals surface area contributed by atoms with E-state index in [9.17, 15) is 9.59 Å². The van der Waals surface area contributed by atoms with Crippen molar-refractivity contribution in [2.75, 3.05) is 0 Å². The van der Waals surface area contributed by atoms with Gasteiger partial charge in [-0.2, -0.15) is 0 Å². The van der Waals surface area contributed by atoms with Gasteiger partial charge in [0.1, 0.15) is 11.4 Å². The predicted octanol–water partition coefficient (Wildman–Crippen LogP) is 4.37. The lowest BCUT2D eigenvalue weighted by atomic mass is 9.99. The van der Waals surface area contributed by atoms with E-state index in [1.807, 2.05) is 43.3 Å². The van der Waals surface area contributed by atoms with E-state index in [1.54, 1.807) is 0 Å². The molecule has 4 aromatic rings. The Bertz CT molecular complexity index is 1290. The molecule has 2 heterocycles. The van der Waals surface area contributed by atoms with Crippen LogP contribution in [0.25, 0.3) is 21.3 Å². The Balaban J connectivity index is 1.65. The molecule has 0 radical (unpaired) electrons. The zero-order valence-electron chi connectivity index (χ0n) is 17.2. The van der Waals surface area contributed by atoms with Crippen LogP contribution in [0.1, 0.15) is 21.6 Å². The number of aryl methyl sites for hydroxylation is 3. The molecule has 0 unspecified atom stereocenters. The van der Waals surface area contributed by atoms with Crippen molar-refractivity contribution >= 4 is 27.5 Å². The Morgan fingerprint density at radius 2 is 1.83 bits per heavy atom. The zero-order chi connectivity index (χ0) is 21.3. The number of fused-ring (bicyclic) bond motifs is 1. The van der Waals surface area contributed by atoms with Crippen LogP contribution in [-0.4, -0.2) is 15.5 Å². The molecule has 4 rings (SSSR count). The molecule has 0 atom stereocenters. The number of nitrogens with one attached hydrogen (secondary N) is 1. The summed E-state index contributed by atoms with van der Waals surface area (Å²) in [5, 5.41) is 3.45. The topological polar surface area (TPSA) is 64.0 Å². The van der Waals surface area contributed by atoms with Crippen LogP contribution >= 0.6 is 11.3 Å². The summed E-state index contributed by atoms with van der Waals surface area (Å²) >= 11 is 1.51. The standard InChI is InChI=1S/C24H23N3O2S/c1-15-9-10-19(11-16(15)2)21-17(3)30-23-22(21)24(29)27(14-26-23)13-20(28)25-12-18-7-5-4-6-8-18/h4-11,14H,12-13H2,1-3H3,(H,25,28). The van der Waals surface area contributed by atoms with Crippen LogP contribution in [0.15, 0.2) is 59.7 Å². The molecule has 1 N–H and O–H groups in total. The molecule has 5 nitrogen and oxygen atoms in total. The molecular weight excluding hydrogens is 394 g/mol. The summed E-state index contributed by atoms with van der Waals surface area (Å²) in [5.74, 6) is -0.221. The summed E-state index contributed by atoms with van der Waals surface area (Å²) in [6.45, 7) is 6.51. The Hall–Kier alpha value is -3.25. The lowest BCUT2D eigenvalue weighted by Crippen LogP contribution is -2.32. The number of aromatic nitrogens is 2. The van der Waals surface area contributed by atoms with E-state index in [0.29, 0.717) is 16.8 Å². The van der Waals surface area contributed by atoms with Gasteiger partial charge in [-0.15, -0.1) is 11.3 Å². The van der Waals surface area contributed by atoms with E-state index >= 15 is 0 Å². The minimum absolute atomic E-state index is 0.0597. The number of hydrogen-bond acceptors (Lipinski definition) is 4. The fraction of sp³-hybridized carbons (Fsp3) is 0.208. The van der Waals surface area contributed by atoms with Crippen molar-refractivity contribution < 1.29 is 4.79 Å². The average molecular weight is 418 g/mol. The molecule has 0 saturated carbocycles.